The first kappa shape index (κ1) is 12.4. The van der Waals surface area contributed by atoms with Crippen molar-refractivity contribution >= 4 is 17.7 Å². The zero-order chi connectivity index (χ0) is 12.3. The molecule has 0 spiro atoms. The number of carbonyl (C=O) groups excluding carboxylic acids is 1. The van der Waals surface area contributed by atoms with E-state index in [-0.39, 0.29) is 12.5 Å². The molecule has 0 saturated carbocycles. The molecule has 0 aromatic carbocycles. The number of aliphatic hydroxyl groups is 1. The summed E-state index contributed by atoms with van der Waals surface area (Å²) < 4.78 is 1.82. The molecule has 1 N–H and O–H groups in total. The first-order valence-corrected chi connectivity index (χ1v) is 6.73. The van der Waals surface area contributed by atoms with Crippen LogP contribution in [0.15, 0.2) is 11.4 Å². The van der Waals surface area contributed by atoms with Crippen LogP contribution in [0.2, 0.25) is 0 Å². The van der Waals surface area contributed by atoms with Crippen molar-refractivity contribution in [3.05, 3.63) is 11.9 Å². The van der Waals surface area contributed by atoms with E-state index in [1.165, 1.54) is 11.8 Å². The van der Waals surface area contributed by atoms with E-state index >= 15 is 0 Å². The molecule has 1 fully saturated rings. The van der Waals surface area contributed by atoms with Gasteiger partial charge in [0.2, 0.25) is 5.91 Å². The average molecular weight is 255 g/mol. The second kappa shape index (κ2) is 5.55. The summed E-state index contributed by atoms with van der Waals surface area (Å²) in [5.41, 5.74) is 0.765. The minimum atomic E-state index is -0.0237. The van der Waals surface area contributed by atoms with Gasteiger partial charge in [-0.15, -0.1) is 0 Å². The van der Waals surface area contributed by atoms with Crippen LogP contribution in [0.1, 0.15) is 18.5 Å². The Morgan fingerprint density at radius 1 is 1.53 bits per heavy atom. The van der Waals surface area contributed by atoms with Crippen LogP contribution in [0, 0.1) is 0 Å². The van der Waals surface area contributed by atoms with Gasteiger partial charge < -0.3 is 14.6 Å². The van der Waals surface area contributed by atoms with Gasteiger partial charge in [-0.1, -0.05) is 11.8 Å². The first-order chi connectivity index (χ1) is 8.22. The third-order valence-electron chi connectivity index (χ3n) is 2.99. The Balaban J connectivity index is 1.88. The number of carbonyl (C=O) groups is 1. The Hall–Kier alpha value is -1.01. The van der Waals surface area contributed by atoms with Gasteiger partial charge in [-0.25, -0.2) is 4.98 Å². The second-order valence-corrected chi connectivity index (χ2v) is 5.07. The van der Waals surface area contributed by atoms with Crippen molar-refractivity contribution in [3.63, 3.8) is 0 Å². The summed E-state index contributed by atoms with van der Waals surface area (Å²) in [4.78, 5) is 17.9. The lowest BCUT2D eigenvalue weighted by atomic mass is 10.4. The van der Waals surface area contributed by atoms with E-state index in [4.69, 9.17) is 5.11 Å². The van der Waals surface area contributed by atoms with Crippen molar-refractivity contribution in [1.82, 2.24) is 14.5 Å². The van der Waals surface area contributed by atoms with Gasteiger partial charge in [0, 0.05) is 20.1 Å². The number of hydrogen-bond donors (Lipinski definition) is 1. The lowest BCUT2D eigenvalue weighted by molar-refractivity contribution is -0.127. The maximum Gasteiger partial charge on any atom is 0.233 e. The molecule has 1 aliphatic rings. The van der Waals surface area contributed by atoms with Gasteiger partial charge in [-0.2, -0.15) is 0 Å². The number of aromatic nitrogens is 2. The standard InChI is InChI=1S/C11H17N3O2S/c1-13-9(7-15)6-12-11(13)17-8-10(16)14-4-2-3-5-14/h6,15H,2-5,7-8H2,1H3. The smallest absolute Gasteiger partial charge is 0.233 e. The summed E-state index contributed by atoms with van der Waals surface area (Å²) in [6.45, 7) is 1.76. The fourth-order valence-electron chi connectivity index (χ4n) is 1.89. The molecule has 1 saturated heterocycles. The summed E-state index contributed by atoms with van der Waals surface area (Å²) in [5.74, 6) is 0.608. The van der Waals surface area contributed by atoms with E-state index in [9.17, 15) is 4.79 Å². The summed E-state index contributed by atoms with van der Waals surface area (Å²) in [7, 11) is 1.85. The maximum absolute atomic E-state index is 11.8. The van der Waals surface area contributed by atoms with Crippen LogP contribution in [-0.4, -0.2) is 44.3 Å². The van der Waals surface area contributed by atoms with Gasteiger partial charge in [-0.3, -0.25) is 4.79 Å². The monoisotopic (exact) mass is 255 g/mol. The van der Waals surface area contributed by atoms with Crippen molar-refractivity contribution in [2.75, 3.05) is 18.8 Å². The number of imidazole rings is 1. The molecule has 0 atom stereocenters. The average Bonchev–Trinajstić information content (AvgIpc) is 2.96. The second-order valence-electron chi connectivity index (χ2n) is 4.13. The van der Waals surface area contributed by atoms with Crippen LogP contribution in [0.5, 0.6) is 0 Å². The van der Waals surface area contributed by atoms with Crippen molar-refractivity contribution in [1.29, 1.82) is 0 Å². The van der Waals surface area contributed by atoms with E-state index < -0.39 is 0 Å². The molecule has 2 heterocycles. The van der Waals surface area contributed by atoms with Crippen molar-refractivity contribution in [3.8, 4) is 0 Å². The number of aliphatic hydroxyl groups excluding tert-OH is 1. The minimum Gasteiger partial charge on any atom is -0.390 e. The maximum atomic E-state index is 11.8. The number of likely N-dealkylation sites (tertiary alicyclic amines) is 1. The Kier molecular flexibility index (Phi) is 4.06. The normalized spacial score (nSPS) is 15.5. The lowest BCUT2D eigenvalue weighted by Gasteiger charge is -2.14. The third-order valence-corrected chi connectivity index (χ3v) is 4.02. The van der Waals surface area contributed by atoms with Crippen molar-refractivity contribution in [2.24, 2.45) is 7.05 Å². The molecule has 1 aromatic rings. The van der Waals surface area contributed by atoms with Gasteiger partial charge in [0.15, 0.2) is 5.16 Å². The van der Waals surface area contributed by atoms with Crippen LogP contribution in [0.4, 0.5) is 0 Å². The van der Waals surface area contributed by atoms with Crippen LogP contribution >= 0.6 is 11.8 Å². The highest BCUT2D eigenvalue weighted by Gasteiger charge is 2.18. The molecule has 2 rings (SSSR count). The Labute approximate surface area is 105 Å². The topological polar surface area (TPSA) is 58.4 Å². The molecular weight excluding hydrogens is 238 g/mol. The van der Waals surface area contributed by atoms with Gasteiger partial charge in [0.25, 0.3) is 0 Å². The van der Waals surface area contributed by atoms with Gasteiger partial charge in [0.1, 0.15) is 0 Å². The molecule has 1 aliphatic heterocycles. The summed E-state index contributed by atoms with van der Waals surface area (Å²) in [6.07, 6.45) is 3.88. The highest BCUT2D eigenvalue weighted by atomic mass is 32.2. The summed E-state index contributed by atoms with van der Waals surface area (Å²) in [5, 5.41) is 9.82. The lowest BCUT2D eigenvalue weighted by Crippen LogP contribution is -2.29. The SMILES string of the molecule is Cn1c(CO)cnc1SCC(=O)N1CCCC1. The molecule has 0 radical (unpaired) electrons. The van der Waals surface area contributed by atoms with Gasteiger partial charge >= 0.3 is 0 Å². The van der Waals surface area contributed by atoms with Crippen molar-refractivity contribution in [2.45, 2.75) is 24.6 Å². The highest BCUT2D eigenvalue weighted by Crippen LogP contribution is 2.19. The highest BCUT2D eigenvalue weighted by molar-refractivity contribution is 7.99. The number of thioether (sulfide) groups is 1. The number of rotatable bonds is 4. The van der Waals surface area contributed by atoms with Crippen molar-refractivity contribution < 1.29 is 9.90 Å². The van der Waals surface area contributed by atoms with Gasteiger partial charge in [0.05, 0.1) is 24.3 Å². The molecule has 1 aromatic heterocycles. The summed E-state index contributed by atoms with van der Waals surface area (Å²) in [6, 6.07) is 0. The number of nitrogens with zero attached hydrogens (tertiary/aromatic N) is 3. The van der Waals surface area contributed by atoms with E-state index in [1.54, 1.807) is 6.20 Å². The molecule has 5 nitrogen and oxygen atoms in total. The van der Waals surface area contributed by atoms with E-state index in [0.717, 1.165) is 36.8 Å². The van der Waals surface area contributed by atoms with E-state index in [2.05, 4.69) is 4.98 Å². The molecule has 0 unspecified atom stereocenters. The molecule has 94 valence electrons. The molecule has 17 heavy (non-hydrogen) atoms. The van der Waals surface area contributed by atoms with Crippen LogP contribution in [0.25, 0.3) is 0 Å². The van der Waals surface area contributed by atoms with Crippen LogP contribution < -0.4 is 0 Å². The van der Waals surface area contributed by atoms with Crippen LogP contribution in [-0.2, 0) is 18.4 Å². The van der Waals surface area contributed by atoms with E-state index in [1.807, 2.05) is 16.5 Å². The zero-order valence-electron chi connectivity index (χ0n) is 9.93. The summed E-state index contributed by atoms with van der Waals surface area (Å²) >= 11 is 1.43. The molecule has 1 amide bonds. The quantitative estimate of drug-likeness (QED) is 0.802. The zero-order valence-corrected chi connectivity index (χ0v) is 10.7. The fourth-order valence-corrected chi connectivity index (χ4v) is 2.76. The Morgan fingerprint density at radius 2 is 2.24 bits per heavy atom. The number of hydrogen-bond acceptors (Lipinski definition) is 4. The molecular formula is C11H17N3O2S. The van der Waals surface area contributed by atoms with Crippen LogP contribution in [0.3, 0.4) is 0 Å². The largest absolute Gasteiger partial charge is 0.390 e. The van der Waals surface area contributed by atoms with Gasteiger partial charge in [-0.05, 0) is 12.8 Å². The minimum absolute atomic E-state index is 0.0237. The number of amides is 1. The predicted octanol–water partition coefficient (Wildman–Crippen LogP) is 0.627. The molecule has 0 bridgehead atoms. The third kappa shape index (κ3) is 2.81. The molecule has 6 heteroatoms. The predicted molar refractivity (Wildman–Crippen MR) is 65.7 cm³/mol. The Bertz CT molecular complexity index is 399. The first-order valence-electron chi connectivity index (χ1n) is 5.74. The fraction of sp³-hybridized carbons (Fsp3) is 0.636. The Morgan fingerprint density at radius 3 is 2.82 bits per heavy atom. The van der Waals surface area contributed by atoms with E-state index in [0.29, 0.717) is 5.75 Å². The molecule has 0 aliphatic carbocycles.